The van der Waals surface area contributed by atoms with Crippen LogP contribution in [0.3, 0.4) is 0 Å². The van der Waals surface area contributed by atoms with E-state index in [1.807, 2.05) is 0 Å². The summed E-state index contributed by atoms with van der Waals surface area (Å²) in [6, 6.07) is 0. The second kappa shape index (κ2) is 3.42. The number of hydrogen-bond acceptors (Lipinski definition) is 2. The Bertz CT molecular complexity index is 242. The first-order valence-corrected chi connectivity index (χ1v) is 4.65. The highest BCUT2D eigenvalue weighted by molar-refractivity contribution is 14.1. The van der Waals surface area contributed by atoms with Crippen molar-refractivity contribution < 1.29 is 0 Å². The van der Waals surface area contributed by atoms with Gasteiger partial charge in [0, 0.05) is 6.54 Å². The van der Waals surface area contributed by atoms with Gasteiger partial charge in [-0.1, -0.05) is 13.8 Å². The molecule has 0 amide bonds. The molecule has 0 saturated heterocycles. The number of halogens is 1. The van der Waals surface area contributed by atoms with Crippen LogP contribution in [0.15, 0.2) is 6.33 Å². The lowest BCUT2D eigenvalue weighted by molar-refractivity contribution is 0.516. The molecule has 0 aliphatic heterocycles. The fourth-order valence-corrected chi connectivity index (χ4v) is 1.36. The van der Waals surface area contributed by atoms with Crippen LogP contribution in [0.5, 0.6) is 0 Å². The first-order valence-electron chi connectivity index (χ1n) is 3.57. The third kappa shape index (κ3) is 2.08. The number of nitrogens with two attached hydrogens (primary N) is 1. The number of imidazole rings is 1. The summed E-state index contributed by atoms with van der Waals surface area (Å²) >= 11 is 2.21. The van der Waals surface area contributed by atoms with Crippen LogP contribution in [0.2, 0.25) is 0 Å². The molecular formula is C7H12IN3. The minimum atomic E-state index is 0.631. The number of aromatic nitrogens is 2. The Hall–Kier alpha value is -0.260. The molecule has 62 valence electrons. The Kier molecular flexibility index (Phi) is 2.75. The molecule has 0 aromatic carbocycles. The van der Waals surface area contributed by atoms with Crippen LogP contribution < -0.4 is 5.73 Å². The van der Waals surface area contributed by atoms with Crippen LogP contribution in [-0.2, 0) is 6.54 Å². The van der Waals surface area contributed by atoms with Crippen LogP contribution in [-0.4, -0.2) is 9.55 Å². The van der Waals surface area contributed by atoms with E-state index in [9.17, 15) is 0 Å². The topological polar surface area (TPSA) is 43.8 Å². The minimum Gasteiger partial charge on any atom is -0.382 e. The summed E-state index contributed by atoms with van der Waals surface area (Å²) in [4.78, 5) is 4.00. The third-order valence-electron chi connectivity index (χ3n) is 1.36. The molecule has 0 spiro atoms. The maximum absolute atomic E-state index is 5.58. The van der Waals surface area contributed by atoms with Crippen LogP contribution in [0.1, 0.15) is 13.8 Å². The molecule has 0 bridgehead atoms. The monoisotopic (exact) mass is 265 g/mol. The van der Waals surface area contributed by atoms with E-state index in [1.165, 1.54) is 0 Å². The van der Waals surface area contributed by atoms with E-state index in [4.69, 9.17) is 5.73 Å². The quantitative estimate of drug-likeness (QED) is 0.827. The summed E-state index contributed by atoms with van der Waals surface area (Å²) in [5.41, 5.74) is 5.58. The Morgan fingerprint density at radius 3 is 2.73 bits per heavy atom. The minimum absolute atomic E-state index is 0.631. The Balaban J connectivity index is 2.79. The number of rotatable bonds is 2. The van der Waals surface area contributed by atoms with Crippen molar-refractivity contribution in [3.05, 3.63) is 10.0 Å². The molecule has 0 atom stereocenters. The molecule has 0 fully saturated rings. The lowest BCUT2D eigenvalue weighted by Gasteiger charge is -2.06. The molecule has 3 nitrogen and oxygen atoms in total. The molecule has 4 heteroatoms. The van der Waals surface area contributed by atoms with E-state index in [1.54, 1.807) is 6.33 Å². The first-order chi connectivity index (χ1) is 5.11. The lowest BCUT2D eigenvalue weighted by Crippen LogP contribution is -2.05. The fraction of sp³-hybridized carbons (Fsp3) is 0.571. The Labute approximate surface area is 80.1 Å². The highest BCUT2D eigenvalue weighted by atomic mass is 127. The average molecular weight is 265 g/mol. The first kappa shape index (κ1) is 8.83. The molecule has 1 heterocycles. The van der Waals surface area contributed by atoms with Gasteiger partial charge in [0.1, 0.15) is 3.70 Å². The summed E-state index contributed by atoms with van der Waals surface area (Å²) < 4.78 is 3.11. The molecule has 1 aromatic rings. The van der Waals surface area contributed by atoms with Gasteiger partial charge in [0.25, 0.3) is 0 Å². The number of nitrogens with zero attached hydrogens (tertiary/aromatic N) is 2. The molecule has 0 radical (unpaired) electrons. The van der Waals surface area contributed by atoms with Crippen LogP contribution in [0, 0.1) is 9.62 Å². The van der Waals surface area contributed by atoms with Crippen molar-refractivity contribution in [2.45, 2.75) is 20.4 Å². The van der Waals surface area contributed by atoms with Crippen molar-refractivity contribution in [1.29, 1.82) is 0 Å². The van der Waals surface area contributed by atoms with Gasteiger partial charge in [-0.05, 0) is 28.5 Å². The second-order valence-electron chi connectivity index (χ2n) is 2.97. The summed E-state index contributed by atoms with van der Waals surface area (Å²) in [5, 5.41) is 0. The largest absolute Gasteiger partial charge is 0.382 e. The van der Waals surface area contributed by atoms with E-state index in [2.05, 4.69) is 46.0 Å². The fourth-order valence-electron chi connectivity index (χ4n) is 0.904. The molecule has 0 saturated carbocycles. The van der Waals surface area contributed by atoms with E-state index in [-0.39, 0.29) is 0 Å². The molecule has 0 aliphatic carbocycles. The number of nitrogen functional groups attached to an aromatic ring is 1. The highest BCUT2D eigenvalue weighted by Gasteiger charge is 2.04. The molecule has 1 rings (SSSR count). The zero-order valence-corrected chi connectivity index (χ0v) is 8.87. The van der Waals surface area contributed by atoms with Crippen molar-refractivity contribution in [1.82, 2.24) is 9.55 Å². The summed E-state index contributed by atoms with van der Waals surface area (Å²) in [5.74, 6) is 1.27. The molecular weight excluding hydrogens is 253 g/mol. The van der Waals surface area contributed by atoms with Gasteiger partial charge in [-0.15, -0.1) is 0 Å². The van der Waals surface area contributed by atoms with Crippen molar-refractivity contribution in [3.8, 4) is 0 Å². The van der Waals surface area contributed by atoms with Gasteiger partial charge in [-0.2, -0.15) is 0 Å². The van der Waals surface area contributed by atoms with Gasteiger partial charge in [0.2, 0.25) is 0 Å². The van der Waals surface area contributed by atoms with Gasteiger partial charge in [0.05, 0.1) is 6.33 Å². The normalized spacial score (nSPS) is 10.9. The molecule has 0 unspecified atom stereocenters. The molecule has 11 heavy (non-hydrogen) atoms. The zero-order valence-electron chi connectivity index (χ0n) is 6.71. The SMILES string of the molecule is CC(C)Cn1cnc(N)c1I. The predicted molar refractivity (Wildman–Crippen MR) is 54.2 cm³/mol. The lowest BCUT2D eigenvalue weighted by atomic mass is 10.2. The highest BCUT2D eigenvalue weighted by Crippen LogP contribution is 2.13. The van der Waals surface area contributed by atoms with Crippen molar-refractivity contribution in [2.24, 2.45) is 5.92 Å². The average Bonchev–Trinajstić information content (AvgIpc) is 2.18. The molecule has 1 aromatic heterocycles. The van der Waals surface area contributed by atoms with E-state index < -0.39 is 0 Å². The third-order valence-corrected chi connectivity index (χ3v) is 2.53. The summed E-state index contributed by atoms with van der Waals surface area (Å²) in [7, 11) is 0. The van der Waals surface area contributed by atoms with E-state index >= 15 is 0 Å². The smallest absolute Gasteiger partial charge is 0.155 e. The Morgan fingerprint density at radius 2 is 2.36 bits per heavy atom. The van der Waals surface area contributed by atoms with Crippen molar-refractivity contribution in [3.63, 3.8) is 0 Å². The van der Waals surface area contributed by atoms with Crippen molar-refractivity contribution in [2.75, 3.05) is 5.73 Å². The summed E-state index contributed by atoms with van der Waals surface area (Å²) in [6.07, 6.45) is 1.79. The maximum atomic E-state index is 5.58. The number of hydrogen-bond donors (Lipinski definition) is 1. The second-order valence-corrected chi connectivity index (χ2v) is 3.99. The Morgan fingerprint density at radius 1 is 1.73 bits per heavy atom. The van der Waals surface area contributed by atoms with Gasteiger partial charge in [-0.25, -0.2) is 4.98 Å². The molecule has 0 aliphatic rings. The summed E-state index contributed by atoms with van der Waals surface area (Å²) in [6.45, 7) is 5.33. The van der Waals surface area contributed by atoms with Gasteiger partial charge in [0.15, 0.2) is 5.82 Å². The van der Waals surface area contributed by atoms with Crippen molar-refractivity contribution >= 4 is 28.4 Å². The van der Waals surface area contributed by atoms with E-state index in [0.29, 0.717) is 11.7 Å². The van der Waals surface area contributed by atoms with Crippen LogP contribution in [0.25, 0.3) is 0 Å². The number of anilines is 1. The predicted octanol–water partition coefficient (Wildman–Crippen LogP) is 1.73. The van der Waals surface area contributed by atoms with Gasteiger partial charge in [-0.3, -0.25) is 0 Å². The van der Waals surface area contributed by atoms with Crippen LogP contribution >= 0.6 is 22.6 Å². The maximum Gasteiger partial charge on any atom is 0.155 e. The van der Waals surface area contributed by atoms with Crippen LogP contribution in [0.4, 0.5) is 5.82 Å². The van der Waals surface area contributed by atoms with Gasteiger partial charge < -0.3 is 10.3 Å². The molecule has 2 N–H and O–H groups in total. The zero-order chi connectivity index (χ0) is 8.43. The van der Waals surface area contributed by atoms with E-state index in [0.717, 1.165) is 10.2 Å². The van der Waals surface area contributed by atoms with Gasteiger partial charge >= 0.3 is 0 Å². The standard InChI is InChI=1S/C7H12IN3/c1-5(2)3-11-4-10-7(9)6(11)8/h4-5H,3,9H2,1-2H3.